The van der Waals surface area contributed by atoms with Crippen molar-refractivity contribution < 1.29 is 37.0 Å². The molecule has 0 saturated heterocycles. The minimum atomic E-state index is -4.71. The van der Waals surface area contributed by atoms with Crippen LogP contribution in [-0.2, 0) is 31.8 Å². The van der Waals surface area contributed by atoms with Crippen molar-refractivity contribution >= 4 is 17.3 Å². The largest absolute Gasteiger partial charge is 0.433 e. The molecule has 0 amide bonds. The summed E-state index contributed by atoms with van der Waals surface area (Å²) in [5.74, 6) is -3.84. The lowest BCUT2D eigenvalue weighted by molar-refractivity contribution is -0.141. The monoisotopic (exact) mass is 425 g/mol. The molecule has 2 fully saturated rings. The van der Waals surface area contributed by atoms with E-state index in [-0.39, 0.29) is 42.9 Å². The SMILES string of the molecule is C=CCOCCOCc1nc(C(F)(F)F)ccc1C(=O)C1C(=O)C2CCC(C2)C1=O. The molecule has 2 unspecified atom stereocenters. The van der Waals surface area contributed by atoms with E-state index in [1.807, 2.05) is 0 Å². The van der Waals surface area contributed by atoms with E-state index >= 15 is 0 Å². The third-order valence-electron chi connectivity index (χ3n) is 5.45. The van der Waals surface area contributed by atoms with E-state index in [1.165, 1.54) is 6.08 Å². The van der Waals surface area contributed by atoms with E-state index in [1.54, 1.807) is 0 Å². The average Bonchev–Trinajstić information content (AvgIpc) is 3.15. The van der Waals surface area contributed by atoms with Crippen LogP contribution < -0.4 is 0 Å². The minimum absolute atomic E-state index is 0.0604. The van der Waals surface area contributed by atoms with E-state index in [0.717, 1.165) is 6.07 Å². The molecule has 6 nitrogen and oxygen atoms in total. The van der Waals surface area contributed by atoms with Crippen LogP contribution in [0.1, 0.15) is 41.0 Å². The van der Waals surface area contributed by atoms with E-state index in [0.29, 0.717) is 31.9 Å². The molecule has 9 heteroatoms. The van der Waals surface area contributed by atoms with Gasteiger partial charge in [0.25, 0.3) is 0 Å². The molecule has 2 bridgehead atoms. The maximum Gasteiger partial charge on any atom is 0.433 e. The summed E-state index contributed by atoms with van der Waals surface area (Å²) in [5, 5.41) is 0. The third-order valence-corrected chi connectivity index (χ3v) is 5.45. The molecule has 0 spiro atoms. The first kappa shape index (κ1) is 22.3. The molecule has 0 N–H and O–H groups in total. The number of nitrogens with zero attached hydrogens (tertiary/aromatic N) is 1. The molecule has 2 saturated carbocycles. The number of halogens is 3. The van der Waals surface area contributed by atoms with Crippen molar-refractivity contribution in [2.45, 2.75) is 32.0 Å². The number of carbonyl (C=O) groups is 3. The molecule has 0 aromatic carbocycles. The van der Waals surface area contributed by atoms with Crippen LogP contribution in [0.2, 0.25) is 0 Å². The standard InChI is InChI=1S/C21H22F3NO5/c1-2-7-29-8-9-30-11-15-14(5-6-16(25-15)21(22,23)24)20(28)17-18(26)12-3-4-13(10-12)19(17)27/h2,5-6,12-13,17H,1,3-4,7-11H2. The molecular formula is C21H22F3NO5. The lowest BCUT2D eigenvalue weighted by atomic mass is 9.75. The zero-order valence-corrected chi connectivity index (χ0v) is 16.2. The van der Waals surface area contributed by atoms with Gasteiger partial charge in [0.1, 0.15) is 11.6 Å². The van der Waals surface area contributed by atoms with Gasteiger partial charge >= 0.3 is 6.18 Å². The van der Waals surface area contributed by atoms with E-state index in [2.05, 4.69) is 11.6 Å². The van der Waals surface area contributed by atoms with Gasteiger partial charge in [0, 0.05) is 17.4 Å². The van der Waals surface area contributed by atoms with Gasteiger partial charge < -0.3 is 9.47 Å². The second-order valence-electron chi connectivity index (χ2n) is 7.41. The lowest BCUT2D eigenvalue weighted by Gasteiger charge is -2.25. The molecule has 0 aliphatic heterocycles. The maximum atomic E-state index is 13.1. The Hall–Kier alpha value is -2.39. The normalized spacial score (nSPS) is 23.6. The maximum absolute atomic E-state index is 13.1. The van der Waals surface area contributed by atoms with Crippen molar-refractivity contribution in [2.75, 3.05) is 19.8 Å². The lowest BCUT2D eigenvalue weighted by Crippen LogP contribution is -2.42. The van der Waals surface area contributed by atoms with Gasteiger partial charge in [0.2, 0.25) is 0 Å². The van der Waals surface area contributed by atoms with Crippen LogP contribution in [0.4, 0.5) is 13.2 Å². The fraction of sp³-hybridized carbons (Fsp3) is 0.524. The minimum Gasteiger partial charge on any atom is -0.375 e. The predicted molar refractivity (Wildman–Crippen MR) is 98.6 cm³/mol. The van der Waals surface area contributed by atoms with Crippen LogP contribution in [-0.4, -0.2) is 42.2 Å². The first-order valence-corrected chi connectivity index (χ1v) is 9.69. The van der Waals surface area contributed by atoms with Gasteiger partial charge in [-0.1, -0.05) is 6.08 Å². The molecule has 30 heavy (non-hydrogen) atoms. The van der Waals surface area contributed by atoms with E-state index in [4.69, 9.17) is 9.47 Å². The molecule has 2 aliphatic carbocycles. The number of aromatic nitrogens is 1. The summed E-state index contributed by atoms with van der Waals surface area (Å²) in [5.41, 5.74) is -1.62. The van der Waals surface area contributed by atoms with Crippen LogP contribution in [0.5, 0.6) is 0 Å². The highest BCUT2D eigenvalue weighted by Gasteiger charge is 2.50. The smallest absolute Gasteiger partial charge is 0.375 e. The fourth-order valence-electron chi connectivity index (χ4n) is 3.97. The van der Waals surface area contributed by atoms with Gasteiger partial charge in [0.05, 0.1) is 32.1 Å². The van der Waals surface area contributed by atoms with Crippen LogP contribution in [0.3, 0.4) is 0 Å². The number of hydrogen-bond donors (Lipinski definition) is 0. The Morgan fingerprint density at radius 1 is 1.13 bits per heavy atom. The number of pyridine rings is 1. The quantitative estimate of drug-likeness (QED) is 0.262. The zero-order chi connectivity index (χ0) is 21.9. The zero-order valence-electron chi connectivity index (χ0n) is 16.2. The summed E-state index contributed by atoms with van der Waals surface area (Å²) in [7, 11) is 0. The summed E-state index contributed by atoms with van der Waals surface area (Å²) < 4.78 is 49.7. The molecule has 2 atom stereocenters. The molecular weight excluding hydrogens is 403 g/mol. The third kappa shape index (κ3) is 4.67. The first-order chi connectivity index (χ1) is 14.2. The van der Waals surface area contributed by atoms with Gasteiger partial charge in [-0.15, -0.1) is 6.58 Å². The van der Waals surface area contributed by atoms with Gasteiger partial charge in [-0.3, -0.25) is 14.4 Å². The molecule has 1 aromatic rings. The van der Waals surface area contributed by atoms with E-state index < -0.39 is 35.1 Å². The van der Waals surface area contributed by atoms with Crippen LogP contribution in [0, 0.1) is 17.8 Å². The van der Waals surface area contributed by atoms with Crippen molar-refractivity contribution in [3.8, 4) is 0 Å². The van der Waals surface area contributed by atoms with Crippen molar-refractivity contribution in [3.63, 3.8) is 0 Å². The summed E-state index contributed by atoms with van der Waals surface area (Å²) in [6.45, 7) is 3.63. The molecule has 0 radical (unpaired) electrons. The van der Waals surface area contributed by atoms with Crippen molar-refractivity contribution in [1.29, 1.82) is 0 Å². The van der Waals surface area contributed by atoms with Gasteiger partial charge in [-0.05, 0) is 31.4 Å². The molecule has 1 heterocycles. The summed E-state index contributed by atoms with van der Waals surface area (Å²) in [6.07, 6.45) is -1.60. The summed E-state index contributed by atoms with van der Waals surface area (Å²) in [4.78, 5) is 41.8. The second kappa shape index (κ2) is 9.18. The van der Waals surface area contributed by atoms with Crippen molar-refractivity contribution in [1.82, 2.24) is 4.98 Å². The van der Waals surface area contributed by atoms with Gasteiger partial charge in [0.15, 0.2) is 17.3 Å². The molecule has 2 aliphatic rings. The fourth-order valence-corrected chi connectivity index (χ4v) is 3.97. The number of alkyl halides is 3. The number of Topliss-reactive ketones (excluding diaryl/α,β-unsaturated/α-hetero) is 3. The van der Waals surface area contributed by atoms with Gasteiger partial charge in [-0.2, -0.15) is 13.2 Å². The Kier molecular flexibility index (Phi) is 6.82. The Balaban J connectivity index is 1.83. The second-order valence-corrected chi connectivity index (χ2v) is 7.41. The average molecular weight is 425 g/mol. The number of ketones is 3. The predicted octanol–water partition coefficient (Wildman–Crippen LogP) is 3.19. The van der Waals surface area contributed by atoms with Crippen molar-refractivity contribution in [2.24, 2.45) is 17.8 Å². The summed E-state index contributed by atoms with van der Waals surface area (Å²) in [6, 6.07) is 1.65. The Labute approximate surface area is 171 Å². The van der Waals surface area contributed by atoms with Crippen LogP contribution >= 0.6 is 0 Å². The highest BCUT2D eigenvalue weighted by molar-refractivity contribution is 6.26. The summed E-state index contributed by atoms with van der Waals surface area (Å²) >= 11 is 0. The van der Waals surface area contributed by atoms with Gasteiger partial charge in [-0.25, -0.2) is 4.98 Å². The Morgan fingerprint density at radius 3 is 2.37 bits per heavy atom. The number of ether oxygens (including phenoxy) is 2. The number of hydrogen-bond acceptors (Lipinski definition) is 6. The van der Waals surface area contributed by atoms with Crippen LogP contribution in [0.25, 0.3) is 0 Å². The Morgan fingerprint density at radius 2 is 1.77 bits per heavy atom. The van der Waals surface area contributed by atoms with E-state index in [9.17, 15) is 27.6 Å². The van der Waals surface area contributed by atoms with Crippen LogP contribution in [0.15, 0.2) is 24.8 Å². The highest BCUT2D eigenvalue weighted by atomic mass is 19.4. The Bertz CT molecular complexity index is 830. The number of rotatable bonds is 9. The molecule has 1 aromatic heterocycles. The first-order valence-electron chi connectivity index (χ1n) is 9.69. The molecule has 162 valence electrons. The highest BCUT2D eigenvalue weighted by Crippen LogP contribution is 2.41. The number of carbonyl (C=O) groups excluding carboxylic acids is 3. The molecule has 3 rings (SSSR count). The number of fused-ring (bicyclic) bond motifs is 2. The topological polar surface area (TPSA) is 82.6 Å². The van der Waals surface area contributed by atoms with Crippen molar-refractivity contribution in [3.05, 3.63) is 41.7 Å².